The Morgan fingerprint density at radius 3 is 1.64 bits per heavy atom. The number of unbranched alkanes of at least 4 members (excludes halogenated alkanes) is 3. The van der Waals surface area contributed by atoms with E-state index in [1.165, 1.54) is 96.3 Å². The van der Waals surface area contributed by atoms with Gasteiger partial charge in [-0.25, -0.2) is 0 Å². The number of methoxy groups -OCH3 is 1. The van der Waals surface area contributed by atoms with Crippen LogP contribution in [-0.4, -0.2) is 13.2 Å². The molecular weight excluding hydrogens is 268 g/mol. The van der Waals surface area contributed by atoms with Crippen molar-refractivity contribution in [2.24, 2.45) is 17.8 Å². The summed E-state index contributed by atoms with van der Waals surface area (Å²) in [4.78, 5) is 0. The Morgan fingerprint density at radius 2 is 1.14 bits per heavy atom. The maximum absolute atomic E-state index is 5.49. The van der Waals surface area contributed by atoms with Crippen molar-refractivity contribution in [2.45, 2.75) is 109 Å². The van der Waals surface area contributed by atoms with E-state index in [0.29, 0.717) is 6.10 Å². The van der Waals surface area contributed by atoms with Gasteiger partial charge in [0, 0.05) is 7.11 Å². The lowest BCUT2D eigenvalue weighted by Crippen LogP contribution is -2.21. The minimum Gasteiger partial charge on any atom is -0.381 e. The molecule has 0 heterocycles. The topological polar surface area (TPSA) is 9.23 Å². The Bertz CT molecular complexity index is 259. The zero-order valence-corrected chi connectivity index (χ0v) is 15.3. The molecule has 0 spiro atoms. The molecule has 0 bridgehead atoms. The second kappa shape index (κ2) is 10.7. The molecule has 0 unspecified atom stereocenters. The molecule has 0 amide bonds. The molecule has 2 aliphatic rings. The second-order valence-corrected chi connectivity index (χ2v) is 8.19. The monoisotopic (exact) mass is 308 g/mol. The SMILES string of the molecule is CCCCCC[C@H]1CC[C@H](CC[C@H]2CC[C@H](OC)CC2)CC1. The summed E-state index contributed by atoms with van der Waals surface area (Å²) >= 11 is 0. The molecule has 0 aromatic carbocycles. The highest BCUT2D eigenvalue weighted by Crippen LogP contribution is 2.37. The van der Waals surface area contributed by atoms with Crippen LogP contribution in [0.25, 0.3) is 0 Å². The minimum atomic E-state index is 0.569. The summed E-state index contributed by atoms with van der Waals surface area (Å²) in [7, 11) is 1.88. The lowest BCUT2D eigenvalue weighted by atomic mass is 9.76. The fourth-order valence-electron chi connectivity index (χ4n) is 4.80. The predicted molar refractivity (Wildman–Crippen MR) is 96.2 cm³/mol. The molecule has 0 radical (unpaired) electrons. The first kappa shape index (κ1) is 18.3. The predicted octanol–water partition coefficient (Wildman–Crippen LogP) is 6.75. The molecule has 0 atom stereocenters. The summed E-state index contributed by atoms with van der Waals surface area (Å²) < 4.78 is 5.49. The molecule has 130 valence electrons. The van der Waals surface area contributed by atoms with Crippen molar-refractivity contribution >= 4 is 0 Å². The van der Waals surface area contributed by atoms with Crippen LogP contribution in [0.5, 0.6) is 0 Å². The van der Waals surface area contributed by atoms with E-state index in [4.69, 9.17) is 4.74 Å². The summed E-state index contributed by atoms with van der Waals surface area (Å²) in [6, 6.07) is 0. The maximum atomic E-state index is 5.49. The first-order valence-electron chi connectivity index (χ1n) is 10.3. The van der Waals surface area contributed by atoms with Crippen LogP contribution in [0.3, 0.4) is 0 Å². The van der Waals surface area contributed by atoms with Crippen LogP contribution >= 0.6 is 0 Å². The first-order chi connectivity index (χ1) is 10.8. The summed E-state index contributed by atoms with van der Waals surface area (Å²) in [5, 5.41) is 0. The van der Waals surface area contributed by atoms with Crippen LogP contribution in [0.4, 0.5) is 0 Å². The van der Waals surface area contributed by atoms with Crippen LogP contribution in [0.1, 0.15) is 103 Å². The van der Waals surface area contributed by atoms with Gasteiger partial charge in [0.2, 0.25) is 0 Å². The van der Waals surface area contributed by atoms with Gasteiger partial charge in [-0.1, -0.05) is 77.6 Å². The third kappa shape index (κ3) is 6.60. The van der Waals surface area contributed by atoms with Gasteiger partial charge in [0.1, 0.15) is 0 Å². The van der Waals surface area contributed by atoms with E-state index in [1.807, 2.05) is 7.11 Å². The summed E-state index contributed by atoms with van der Waals surface area (Å²) in [5.41, 5.74) is 0. The summed E-state index contributed by atoms with van der Waals surface area (Å²) in [6.45, 7) is 2.31. The molecule has 0 aromatic heterocycles. The van der Waals surface area contributed by atoms with Crippen molar-refractivity contribution in [3.8, 4) is 0 Å². The molecule has 1 heteroatoms. The lowest BCUT2D eigenvalue weighted by Gasteiger charge is -2.31. The van der Waals surface area contributed by atoms with Crippen molar-refractivity contribution in [3.05, 3.63) is 0 Å². The first-order valence-corrected chi connectivity index (χ1v) is 10.3. The van der Waals surface area contributed by atoms with Crippen LogP contribution in [0.15, 0.2) is 0 Å². The Balaban J connectivity index is 1.50. The fraction of sp³-hybridized carbons (Fsp3) is 1.00. The zero-order valence-electron chi connectivity index (χ0n) is 15.3. The Kier molecular flexibility index (Phi) is 8.89. The average Bonchev–Trinajstić information content (AvgIpc) is 2.58. The van der Waals surface area contributed by atoms with E-state index < -0.39 is 0 Å². The smallest absolute Gasteiger partial charge is 0.0571 e. The average molecular weight is 309 g/mol. The zero-order chi connectivity index (χ0) is 15.6. The van der Waals surface area contributed by atoms with Gasteiger partial charge in [-0.2, -0.15) is 0 Å². The fourth-order valence-corrected chi connectivity index (χ4v) is 4.80. The molecule has 2 fully saturated rings. The molecule has 1 nitrogen and oxygen atoms in total. The molecule has 2 saturated carbocycles. The molecule has 2 aliphatic carbocycles. The second-order valence-electron chi connectivity index (χ2n) is 8.19. The highest BCUT2D eigenvalue weighted by atomic mass is 16.5. The molecular formula is C21H40O. The van der Waals surface area contributed by atoms with E-state index in [-0.39, 0.29) is 0 Å². The Labute approximate surface area is 139 Å². The molecule has 0 aliphatic heterocycles. The molecule has 0 saturated heterocycles. The quantitative estimate of drug-likeness (QED) is 0.428. The maximum Gasteiger partial charge on any atom is 0.0571 e. The normalized spacial score (nSPS) is 33.0. The number of hydrogen-bond donors (Lipinski definition) is 0. The molecule has 0 N–H and O–H groups in total. The van der Waals surface area contributed by atoms with E-state index in [2.05, 4.69) is 6.92 Å². The minimum absolute atomic E-state index is 0.569. The van der Waals surface area contributed by atoms with Crippen molar-refractivity contribution in [1.82, 2.24) is 0 Å². The van der Waals surface area contributed by atoms with Gasteiger partial charge in [0.15, 0.2) is 0 Å². The highest BCUT2D eigenvalue weighted by molar-refractivity contribution is 4.77. The number of rotatable bonds is 9. The largest absolute Gasteiger partial charge is 0.381 e. The van der Waals surface area contributed by atoms with Gasteiger partial charge in [-0.3, -0.25) is 0 Å². The lowest BCUT2D eigenvalue weighted by molar-refractivity contribution is 0.0540. The van der Waals surface area contributed by atoms with E-state index in [1.54, 1.807) is 0 Å². The van der Waals surface area contributed by atoms with Gasteiger partial charge in [0.05, 0.1) is 6.10 Å². The summed E-state index contributed by atoms with van der Waals surface area (Å²) in [6.07, 6.45) is 22.5. The van der Waals surface area contributed by atoms with Gasteiger partial charge >= 0.3 is 0 Å². The van der Waals surface area contributed by atoms with Gasteiger partial charge < -0.3 is 4.74 Å². The van der Waals surface area contributed by atoms with Gasteiger partial charge in [-0.15, -0.1) is 0 Å². The van der Waals surface area contributed by atoms with E-state index in [9.17, 15) is 0 Å². The Morgan fingerprint density at radius 1 is 0.636 bits per heavy atom. The molecule has 0 aromatic rings. The van der Waals surface area contributed by atoms with Crippen LogP contribution in [0, 0.1) is 17.8 Å². The van der Waals surface area contributed by atoms with Gasteiger partial charge in [0.25, 0.3) is 0 Å². The number of ether oxygens (including phenoxy) is 1. The van der Waals surface area contributed by atoms with Crippen LogP contribution < -0.4 is 0 Å². The highest BCUT2D eigenvalue weighted by Gasteiger charge is 2.24. The van der Waals surface area contributed by atoms with Crippen molar-refractivity contribution in [3.63, 3.8) is 0 Å². The van der Waals surface area contributed by atoms with Crippen molar-refractivity contribution < 1.29 is 4.74 Å². The summed E-state index contributed by atoms with van der Waals surface area (Å²) in [5.74, 6) is 3.15. The third-order valence-electron chi connectivity index (χ3n) is 6.54. The van der Waals surface area contributed by atoms with E-state index >= 15 is 0 Å². The van der Waals surface area contributed by atoms with Crippen LogP contribution in [0.2, 0.25) is 0 Å². The molecule has 22 heavy (non-hydrogen) atoms. The third-order valence-corrected chi connectivity index (χ3v) is 6.54. The Hall–Kier alpha value is -0.0400. The van der Waals surface area contributed by atoms with Crippen molar-refractivity contribution in [2.75, 3.05) is 7.11 Å². The van der Waals surface area contributed by atoms with Gasteiger partial charge in [-0.05, 0) is 43.4 Å². The molecule has 2 rings (SSSR count). The van der Waals surface area contributed by atoms with Crippen LogP contribution in [-0.2, 0) is 4.74 Å². The van der Waals surface area contributed by atoms with E-state index in [0.717, 1.165) is 17.8 Å². The van der Waals surface area contributed by atoms with Crippen molar-refractivity contribution in [1.29, 1.82) is 0 Å². The number of hydrogen-bond acceptors (Lipinski definition) is 1. The standard InChI is InChI=1S/C21H40O/c1-3-4-5-6-7-18-8-10-19(11-9-18)12-13-20-14-16-21(22-2)17-15-20/h18-21H,3-17H2,1-2H3/t18-,19-,20-,21-.